The Kier molecular flexibility index (Phi) is 3.96. The van der Waals surface area contributed by atoms with Gasteiger partial charge >= 0.3 is 0 Å². The molecule has 0 bridgehead atoms. The number of benzene rings is 2. The molecule has 0 radical (unpaired) electrons. The molecule has 5 heteroatoms. The number of ether oxygens (including phenoxy) is 2. The van der Waals surface area contributed by atoms with Crippen LogP contribution < -0.4 is 14.4 Å². The number of anilines is 1. The minimum absolute atomic E-state index is 0.0109. The predicted molar refractivity (Wildman–Crippen MR) is 80.7 cm³/mol. The van der Waals surface area contributed by atoms with Crippen LogP contribution in [0.3, 0.4) is 0 Å². The number of carbonyl (C=O) groups is 1. The summed E-state index contributed by atoms with van der Waals surface area (Å²) >= 11 is 0. The summed E-state index contributed by atoms with van der Waals surface area (Å²) in [5.74, 6) is 1.06. The zero-order valence-corrected chi connectivity index (χ0v) is 12.2. The summed E-state index contributed by atoms with van der Waals surface area (Å²) in [4.78, 5) is 13.9. The van der Waals surface area contributed by atoms with Crippen LogP contribution in [0.15, 0.2) is 42.5 Å². The maximum atomic E-state index is 12.8. The molecule has 1 aliphatic heterocycles. The molecule has 0 N–H and O–H groups in total. The summed E-state index contributed by atoms with van der Waals surface area (Å²) in [6, 6.07) is 11.6. The van der Waals surface area contributed by atoms with Gasteiger partial charge in [-0.3, -0.25) is 4.79 Å². The van der Waals surface area contributed by atoms with Gasteiger partial charge in [-0.25, -0.2) is 4.39 Å². The first-order valence-electron chi connectivity index (χ1n) is 7.04. The molecule has 2 aromatic carbocycles. The average Bonchev–Trinajstić information content (AvgIpc) is 3.00. The fraction of sp³-hybridized carbons (Fsp3) is 0.235. The molecule has 1 aliphatic rings. The quantitative estimate of drug-likeness (QED) is 0.871. The van der Waals surface area contributed by atoms with Crippen molar-refractivity contribution in [2.45, 2.75) is 12.8 Å². The van der Waals surface area contributed by atoms with E-state index in [1.165, 1.54) is 12.1 Å². The molecule has 1 amide bonds. The van der Waals surface area contributed by atoms with Gasteiger partial charge in [0.05, 0.1) is 0 Å². The van der Waals surface area contributed by atoms with Crippen LogP contribution in [0, 0.1) is 5.82 Å². The molecule has 0 unspecified atom stereocenters. The van der Waals surface area contributed by atoms with Crippen molar-refractivity contribution in [2.75, 3.05) is 18.7 Å². The SMILES string of the molecule is CN(C(=O)CCc1ccc(F)cc1)c1ccc2c(c1)OCO2. The Bertz CT molecular complexity index is 685. The van der Waals surface area contributed by atoms with Gasteiger partial charge in [-0.2, -0.15) is 0 Å². The van der Waals surface area contributed by atoms with Crippen LogP contribution in [0.5, 0.6) is 11.5 Å². The van der Waals surface area contributed by atoms with Crippen molar-refractivity contribution in [3.8, 4) is 11.5 Å². The van der Waals surface area contributed by atoms with Crippen molar-refractivity contribution in [3.05, 3.63) is 53.8 Å². The Morgan fingerprint density at radius 3 is 2.64 bits per heavy atom. The third kappa shape index (κ3) is 3.03. The molecule has 1 heterocycles. The minimum atomic E-state index is -0.271. The summed E-state index contributed by atoms with van der Waals surface area (Å²) in [5, 5.41) is 0. The highest BCUT2D eigenvalue weighted by atomic mass is 19.1. The Balaban J connectivity index is 1.63. The highest BCUT2D eigenvalue weighted by Gasteiger charge is 2.17. The number of hydrogen-bond acceptors (Lipinski definition) is 3. The molecule has 0 aliphatic carbocycles. The zero-order valence-electron chi connectivity index (χ0n) is 12.2. The van der Waals surface area contributed by atoms with Crippen molar-refractivity contribution in [1.82, 2.24) is 0 Å². The number of aryl methyl sites for hydroxylation is 1. The maximum absolute atomic E-state index is 12.8. The second-order valence-corrected chi connectivity index (χ2v) is 5.12. The lowest BCUT2D eigenvalue weighted by molar-refractivity contribution is -0.118. The predicted octanol–water partition coefficient (Wildman–Crippen LogP) is 3.15. The van der Waals surface area contributed by atoms with Crippen LogP contribution in [0.4, 0.5) is 10.1 Å². The maximum Gasteiger partial charge on any atom is 0.231 e. The van der Waals surface area contributed by atoms with Crippen molar-refractivity contribution >= 4 is 11.6 Å². The van der Waals surface area contributed by atoms with Crippen molar-refractivity contribution in [2.24, 2.45) is 0 Å². The second kappa shape index (κ2) is 6.05. The summed E-state index contributed by atoms with van der Waals surface area (Å²) in [5.41, 5.74) is 1.70. The van der Waals surface area contributed by atoms with Gasteiger partial charge in [-0.05, 0) is 36.2 Å². The molecule has 0 fully saturated rings. The molecule has 22 heavy (non-hydrogen) atoms. The number of halogens is 1. The van der Waals surface area contributed by atoms with E-state index in [1.54, 1.807) is 36.2 Å². The van der Waals surface area contributed by atoms with E-state index in [1.807, 2.05) is 6.07 Å². The monoisotopic (exact) mass is 301 g/mol. The van der Waals surface area contributed by atoms with E-state index >= 15 is 0 Å². The fourth-order valence-electron chi connectivity index (χ4n) is 2.31. The van der Waals surface area contributed by atoms with Crippen molar-refractivity contribution in [1.29, 1.82) is 0 Å². The zero-order chi connectivity index (χ0) is 15.5. The number of rotatable bonds is 4. The van der Waals surface area contributed by atoms with Gasteiger partial charge in [0.1, 0.15) is 5.82 Å². The average molecular weight is 301 g/mol. The van der Waals surface area contributed by atoms with Crippen LogP contribution in [0.2, 0.25) is 0 Å². The summed E-state index contributed by atoms with van der Waals surface area (Å²) in [6.45, 7) is 0.209. The van der Waals surface area contributed by atoms with Crippen LogP contribution in [0.1, 0.15) is 12.0 Å². The Morgan fingerprint density at radius 2 is 1.86 bits per heavy atom. The van der Waals surface area contributed by atoms with Crippen LogP contribution in [-0.2, 0) is 11.2 Å². The number of amides is 1. The number of fused-ring (bicyclic) bond motifs is 1. The summed E-state index contributed by atoms with van der Waals surface area (Å²) in [7, 11) is 1.73. The fourth-order valence-corrected chi connectivity index (χ4v) is 2.31. The first kappa shape index (κ1) is 14.4. The molecule has 0 spiro atoms. The van der Waals surface area contributed by atoms with Gasteiger partial charge in [-0.1, -0.05) is 12.1 Å². The number of carbonyl (C=O) groups excluding carboxylic acids is 1. The molecular weight excluding hydrogens is 285 g/mol. The van der Waals surface area contributed by atoms with Crippen LogP contribution in [0.25, 0.3) is 0 Å². The van der Waals surface area contributed by atoms with Gasteiger partial charge in [0, 0.05) is 25.2 Å². The molecule has 2 aromatic rings. The van der Waals surface area contributed by atoms with E-state index in [4.69, 9.17) is 9.47 Å². The Hall–Kier alpha value is -2.56. The Morgan fingerprint density at radius 1 is 1.14 bits per heavy atom. The van der Waals surface area contributed by atoms with E-state index in [9.17, 15) is 9.18 Å². The molecule has 114 valence electrons. The van der Waals surface area contributed by atoms with E-state index in [-0.39, 0.29) is 18.5 Å². The van der Waals surface area contributed by atoms with Crippen LogP contribution >= 0.6 is 0 Å². The Labute approximate surface area is 128 Å². The largest absolute Gasteiger partial charge is 0.454 e. The third-order valence-electron chi connectivity index (χ3n) is 3.66. The van der Waals surface area contributed by atoms with Gasteiger partial charge in [0.2, 0.25) is 12.7 Å². The topological polar surface area (TPSA) is 38.8 Å². The van der Waals surface area contributed by atoms with Gasteiger partial charge in [0.15, 0.2) is 11.5 Å². The molecule has 0 aromatic heterocycles. The molecule has 3 rings (SSSR count). The molecule has 4 nitrogen and oxygen atoms in total. The lowest BCUT2D eigenvalue weighted by Crippen LogP contribution is -2.26. The minimum Gasteiger partial charge on any atom is -0.454 e. The summed E-state index contributed by atoms with van der Waals surface area (Å²) < 4.78 is 23.4. The molecule has 0 saturated carbocycles. The van der Waals surface area contributed by atoms with Crippen LogP contribution in [-0.4, -0.2) is 19.7 Å². The second-order valence-electron chi connectivity index (χ2n) is 5.12. The third-order valence-corrected chi connectivity index (χ3v) is 3.66. The smallest absolute Gasteiger partial charge is 0.231 e. The lowest BCUT2D eigenvalue weighted by Gasteiger charge is -2.17. The first-order chi connectivity index (χ1) is 10.6. The molecular formula is C17H16FNO3. The summed E-state index contributed by atoms with van der Waals surface area (Å²) in [6.07, 6.45) is 0.935. The van der Waals surface area contributed by atoms with E-state index in [0.717, 1.165) is 11.3 Å². The highest BCUT2D eigenvalue weighted by molar-refractivity contribution is 5.93. The highest BCUT2D eigenvalue weighted by Crippen LogP contribution is 2.35. The van der Waals surface area contributed by atoms with E-state index in [0.29, 0.717) is 24.3 Å². The van der Waals surface area contributed by atoms with E-state index in [2.05, 4.69) is 0 Å². The van der Waals surface area contributed by atoms with Gasteiger partial charge in [-0.15, -0.1) is 0 Å². The van der Waals surface area contributed by atoms with Gasteiger partial charge in [0.25, 0.3) is 0 Å². The van der Waals surface area contributed by atoms with Crippen molar-refractivity contribution < 1.29 is 18.7 Å². The van der Waals surface area contributed by atoms with Gasteiger partial charge < -0.3 is 14.4 Å². The van der Waals surface area contributed by atoms with E-state index < -0.39 is 0 Å². The molecule has 0 atom stereocenters. The number of hydrogen-bond donors (Lipinski definition) is 0. The lowest BCUT2D eigenvalue weighted by atomic mass is 10.1. The number of nitrogens with zero attached hydrogens (tertiary/aromatic N) is 1. The standard InChI is InChI=1S/C17H16FNO3/c1-19(14-7-8-15-16(10-14)22-11-21-15)17(20)9-4-12-2-5-13(18)6-3-12/h2-3,5-8,10H,4,9,11H2,1H3. The molecule has 0 saturated heterocycles. The van der Waals surface area contributed by atoms with Crippen molar-refractivity contribution in [3.63, 3.8) is 0 Å². The normalized spacial score (nSPS) is 12.3. The first-order valence-corrected chi connectivity index (χ1v) is 7.04.